The predicted molar refractivity (Wildman–Crippen MR) is 82.2 cm³/mol. The van der Waals surface area contributed by atoms with Crippen LogP contribution in [0.2, 0.25) is 5.02 Å². The van der Waals surface area contributed by atoms with Crippen molar-refractivity contribution >= 4 is 17.2 Å². The first kappa shape index (κ1) is 15.3. The summed E-state index contributed by atoms with van der Waals surface area (Å²) in [6.45, 7) is 7.68. The monoisotopic (exact) mass is 295 g/mol. The van der Waals surface area contributed by atoms with Crippen LogP contribution < -0.4 is 5.32 Å². The van der Waals surface area contributed by atoms with Gasteiger partial charge in [0.25, 0.3) is 0 Å². The normalized spacial score (nSPS) is 11.6. The van der Waals surface area contributed by atoms with Crippen molar-refractivity contribution in [1.82, 2.24) is 14.7 Å². The Bertz CT molecular complexity index is 539. The maximum atomic E-state index is 5.95. The lowest BCUT2D eigenvalue weighted by Gasteiger charge is -2.06. The van der Waals surface area contributed by atoms with E-state index in [0.29, 0.717) is 5.92 Å². The molecular formula is C15H22ClN3O. The van der Waals surface area contributed by atoms with Crippen molar-refractivity contribution < 1.29 is 4.74 Å². The van der Waals surface area contributed by atoms with Gasteiger partial charge in [0.1, 0.15) is 5.65 Å². The van der Waals surface area contributed by atoms with Crippen LogP contribution in [0.15, 0.2) is 24.5 Å². The van der Waals surface area contributed by atoms with Crippen LogP contribution in [-0.2, 0) is 11.3 Å². The molecule has 0 aliphatic rings. The van der Waals surface area contributed by atoms with E-state index < -0.39 is 0 Å². The molecule has 0 atom stereocenters. The topological polar surface area (TPSA) is 38.6 Å². The van der Waals surface area contributed by atoms with Gasteiger partial charge in [-0.05, 0) is 31.0 Å². The van der Waals surface area contributed by atoms with Gasteiger partial charge < -0.3 is 14.5 Å². The molecule has 20 heavy (non-hydrogen) atoms. The van der Waals surface area contributed by atoms with Crippen molar-refractivity contribution in [1.29, 1.82) is 0 Å². The number of nitrogens with zero attached hydrogens (tertiary/aromatic N) is 2. The summed E-state index contributed by atoms with van der Waals surface area (Å²) in [7, 11) is 0. The highest BCUT2D eigenvalue weighted by molar-refractivity contribution is 6.30. The van der Waals surface area contributed by atoms with Crippen LogP contribution in [0.1, 0.15) is 26.0 Å². The molecule has 2 aromatic heterocycles. The van der Waals surface area contributed by atoms with Crippen molar-refractivity contribution in [3.63, 3.8) is 0 Å². The Labute approximate surface area is 125 Å². The first-order valence-corrected chi connectivity index (χ1v) is 7.44. The van der Waals surface area contributed by atoms with Crippen molar-refractivity contribution in [3.8, 4) is 0 Å². The first-order valence-electron chi connectivity index (χ1n) is 7.07. The molecule has 5 heteroatoms. The Morgan fingerprint density at radius 3 is 3.00 bits per heavy atom. The van der Waals surface area contributed by atoms with E-state index in [-0.39, 0.29) is 0 Å². The quantitative estimate of drug-likeness (QED) is 0.760. The molecular weight excluding hydrogens is 274 g/mol. The third kappa shape index (κ3) is 4.78. The van der Waals surface area contributed by atoms with Gasteiger partial charge in [-0.25, -0.2) is 4.98 Å². The Balaban J connectivity index is 1.68. The molecule has 2 rings (SSSR count). The number of nitrogens with one attached hydrogen (secondary N) is 1. The highest BCUT2D eigenvalue weighted by atomic mass is 35.5. The molecule has 0 bridgehead atoms. The summed E-state index contributed by atoms with van der Waals surface area (Å²) in [6, 6.07) is 3.78. The fourth-order valence-electron chi connectivity index (χ4n) is 1.94. The molecule has 4 nitrogen and oxygen atoms in total. The minimum atomic E-state index is 0.604. The summed E-state index contributed by atoms with van der Waals surface area (Å²) >= 11 is 5.95. The molecule has 0 amide bonds. The lowest BCUT2D eigenvalue weighted by molar-refractivity contribution is 0.108. The fraction of sp³-hybridized carbons (Fsp3) is 0.533. The molecule has 0 saturated carbocycles. The summed E-state index contributed by atoms with van der Waals surface area (Å²) in [6.07, 6.45) is 4.89. The van der Waals surface area contributed by atoms with Gasteiger partial charge in [-0.2, -0.15) is 0 Å². The van der Waals surface area contributed by atoms with Crippen LogP contribution in [0.25, 0.3) is 5.65 Å². The Morgan fingerprint density at radius 1 is 1.35 bits per heavy atom. The summed E-state index contributed by atoms with van der Waals surface area (Å²) in [5.41, 5.74) is 1.95. The number of hydrogen-bond acceptors (Lipinski definition) is 3. The van der Waals surface area contributed by atoms with E-state index in [1.165, 1.54) is 0 Å². The number of rotatable bonds is 8. The SMILES string of the molecule is CC(C)COCCCNCc1cn2cc(Cl)ccc2n1. The maximum Gasteiger partial charge on any atom is 0.137 e. The molecule has 2 aromatic rings. The van der Waals surface area contributed by atoms with E-state index in [1.807, 2.05) is 28.9 Å². The summed E-state index contributed by atoms with van der Waals surface area (Å²) in [5.74, 6) is 0.604. The van der Waals surface area contributed by atoms with Gasteiger partial charge in [0.2, 0.25) is 0 Å². The van der Waals surface area contributed by atoms with E-state index in [2.05, 4.69) is 24.1 Å². The zero-order valence-corrected chi connectivity index (χ0v) is 12.9. The highest BCUT2D eigenvalue weighted by Gasteiger charge is 2.01. The average molecular weight is 296 g/mol. The van der Waals surface area contributed by atoms with Gasteiger partial charge in [0, 0.05) is 32.2 Å². The number of aromatic nitrogens is 2. The molecule has 2 heterocycles. The van der Waals surface area contributed by atoms with E-state index >= 15 is 0 Å². The van der Waals surface area contributed by atoms with Crippen LogP contribution in [0.4, 0.5) is 0 Å². The molecule has 0 unspecified atom stereocenters. The molecule has 0 fully saturated rings. The molecule has 0 aromatic carbocycles. The molecule has 0 aliphatic heterocycles. The van der Waals surface area contributed by atoms with E-state index in [9.17, 15) is 0 Å². The first-order chi connectivity index (χ1) is 9.65. The number of pyridine rings is 1. The Hall–Kier alpha value is -1.10. The van der Waals surface area contributed by atoms with Crippen molar-refractivity contribution in [2.24, 2.45) is 5.92 Å². The predicted octanol–water partition coefficient (Wildman–Crippen LogP) is 3.14. The van der Waals surface area contributed by atoms with Crippen LogP contribution in [0, 0.1) is 5.92 Å². The zero-order valence-electron chi connectivity index (χ0n) is 12.1. The van der Waals surface area contributed by atoms with Crippen LogP contribution in [0.3, 0.4) is 0 Å². The fourth-order valence-corrected chi connectivity index (χ4v) is 2.11. The molecule has 0 radical (unpaired) electrons. The minimum Gasteiger partial charge on any atom is -0.381 e. The van der Waals surface area contributed by atoms with Crippen molar-refractivity contribution in [2.75, 3.05) is 19.8 Å². The molecule has 0 saturated heterocycles. The number of fused-ring (bicyclic) bond motifs is 1. The van der Waals surface area contributed by atoms with E-state index in [0.717, 1.165) is 49.1 Å². The second-order valence-electron chi connectivity index (χ2n) is 5.34. The summed E-state index contributed by atoms with van der Waals surface area (Å²) in [5, 5.41) is 4.10. The van der Waals surface area contributed by atoms with Gasteiger partial charge in [0.05, 0.1) is 10.7 Å². The minimum absolute atomic E-state index is 0.604. The standard InChI is InChI=1S/C15H22ClN3O/c1-12(2)11-20-7-3-6-17-8-14-10-19-9-13(16)4-5-15(19)18-14/h4-5,9-10,12,17H,3,6-8,11H2,1-2H3. The van der Waals surface area contributed by atoms with Gasteiger partial charge in [-0.1, -0.05) is 25.4 Å². The van der Waals surface area contributed by atoms with E-state index in [4.69, 9.17) is 16.3 Å². The van der Waals surface area contributed by atoms with Crippen LogP contribution >= 0.6 is 11.6 Å². The number of ether oxygens (including phenoxy) is 1. The highest BCUT2D eigenvalue weighted by Crippen LogP contribution is 2.11. The molecule has 110 valence electrons. The van der Waals surface area contributed by atoms with Crippen molar-refractivity contribution in [2.45, 2.75) is 26.8 Å². The van der Waals surface area contributed by atoms with Gasteiger partial charge in [0.15, 0.2) is 0 Å². The lowest BCUT2D eigenvalue weighted by atomic mass is 10.2. The second kappa shape index (κ2) is 7.62. The van der Waals surface area contributed by atoms with Gasteiger partial charge in [-0.15, -0.1) is 0 Å². The van der Waals surface area contributed by atoms with Gasteiger partial charge >= 0.3 is 0 Å². The van der Waals surface area contributed by atoms with Gasteiger partial charge in [-0.3, -0.25) is 0 Å². The number of halogens is 1. The third-order valence-electron chi connectivity index (χ3n) is 2.86. The third-order valence-corrected chi connectivity index (χ3v) is 3.09. The van der Waals surface area contributed by atoms with Crippen LogP contribution in [-0.4, -0.2) is 29.1 Å². The number of imidazole rings is 1. The van der Waals surface area contributed by atoms with E-state index in [1.54, 1.807) is 0 Å². The van der Waals surface area contributed by atoms with Crippen LogP contribution in [0.5, 0.6) is 0 Å². The molecule has 0 aliphatic carbocycles. The number of hydrogen-bond donors (Lipinski definition) is 1. The largest absolute Gasteiger partial charge is 0.381 e. The molecule has 0 spiro atoms. The smallest absolute Gasteiger partial charge is 0.137 e. The Morgan fingerprint density at radius 2 is 2.20 bits per heavy atom. The average Bonchev–Trinajstić information content (AvgIpc) is 2.79. The Kier molecular flexibility index (Phi) is 5.83. The summed E-state index contributed by atoms with van der Waals surface area (Å²) < 4.78 is 7.48. The molecule has 1 N–H and O–H groups in total. The lowest BCUT2D eigenvalue weighted by Crippen LogP contribution is -2.17. The van der Waals surface area contributed by atoms with Crippen molar-refractivity contribution in [3.05, 3.63) is 35.2 Å². The maximum absolute atomic E-state index is 5.95. The zero-order chi connectivity index (χ0) is 14.4. The second-order valence-corrected chi connectivity index (χ2v) is 5.78. The summed E-state index contributed by atoms with van der Waals surface area (Å²) in [4.78, 5) is 4.52.